The standard InChI is InChI=1S/C11H10BrNO/c1-7-3-9(6-13)4-8(2)11(7)10(14)5-12/h3-4H,5H2,1-2H3. The van der Waals surface area contributed by atoms with Crippen molar-refractivity contribution in [1.82, 2.24) is 0 Å². The first-order valence-corrected chi connectivity index (χ1v) is 5.32. The minimum Gasteiger partial charge on any atom is -0.293 e. The second-order valence-electron chi connectivity index (χ2n) is 3.15. The molecule has 0 heterocycles. The van der Waals surface area contributed by atoms with Crippen molar-refractivity contribution in [1.29, 1.82) is 5.26 Å². The molecule has 0 unspecified atom stereocenters. The Labute approximate surface area is 91.7 Å². The van der Waals surface area contributed by atoms with Crippen molar-refractivity contribution >= 4 is 21.7 Å². The van der Waals surface area contributed by atoms with Gasteiger partial charge in [-0.15, -0.1) is 0 Å². The summed E-state index contributed by atoms with van der Waals surface area (Å²) < 4.78 is 0. The molecule has 14 heavy (non-hydrogen) atoms. The van der Waals surface area contributed by atoms with Crippen molar-refractivity contribution < 1.29 is 4.79 Å². The number of Topliss-reactive ketones (excluding diaryl/α,β-unsaturated/α-hetero) is 1. The highest BCUT2D eigenvalue weighted by molar-refractivity contribution is 9.09. The molecule has 0 aliphatic heterocycles. The molecule has 0 aromatic heterocycles. The van der Waals surface area contributed by atoms with Gasteiger partial charge >= 0.3 is 0 Å². The lowest BCUT2D eigenvalue weighted by molar-refractivity contribution is 0.102. The molecule has 0 saturated heterocycles. The molecule has 3 heteroatoms. The zero-order valence-electron chi connectivity index (χ0n) is 8.10. The van der Waals surface area contributed by atoms with Gasteiger partial charge in [0.05, 0.1) is 17.0 Å². The average molecular weight is 252 g/mol. The molecule has 0 bridgehead atoms. The minimum absolute atomic E-state index is 0.0597. The van der Waals surface area contributed by atoms with Crippen LogP contribution in [-0.2, 0) is 0 Å². The van der Waals surface area contributed by atoms with Crippen molar-refractivity contribution in [3.8, 4) is 6.07 Å². The first kappa shape index (κ1) is 10.9. The topological polar surface area (TPSA) is 40.9 Å². The molecule has 2 nitrogen and oxygen atoms in total. The highest BCUT2D eigenvalue weighted by atomic mass is 79.9. The van der Waals surface area contributed by atoms with Crippen LogP contribution in [0.1, 0.15) is 27.0 Å². The Kier molecular flexibility index (Phi) is 3.43. The normalized spacial score (nSPS) is 9.57. The maximum atomic E-state index is 11.5. The molecule has 1 aromatic carbocycles. The summed E-state index contributed by atoms with van der Waals surface area (Å²) in [4.78, 5) is 11.5. The summed E-state index contributed by atoms with van der Waals surface area (Å²) in [5.74, 6) is 0.0597. The summed E-state index contributed by atoms with van der Waals surface area (Å²) in [6, 6.07) is 5.55. The van der Waals surface area contributed by atoms with Gasteiger partial charge in [0.25, 0.3) is 0 Å². The third-order valence-corrected chi connectivity index (χ3v) is 2.57. The lowest BCUT2D eigenvalue weighted by Crippen LogP contribution is -2.06. The van der Waals surface area contributed by atoms with Crippen LogP contribution in [0, 0.1) is 25.2 Å². The number of carbonyl (C=O) groups is 1. The van der Waals surface area contributed by atoms with Crippen LogP contribution in [0.2, 0.25) is 0 Å². The van der Waals surface area contributed by atoms with Crippen molar-refractivity contribution in [2.45, 2.75) is 13.8 Å². The fraction of sp³-hybridized carbons (Fsp3) is 0.273. The number of hydrogen-bond donors (Lipinski definition) is 0. The van der Waals surface area contributed by atoms with E-state index < -0.39 is 0 Å². The van der Waals surface area contributed by atoms with Gasteiger partial charge in [-0.2, -0.15) is 5.26 Å². The van der Waals surface area contributed by atoms with Gasteiger partial charge in [-0.05, 0) is 37.1 Å². The lowest BCUT2D eigenvalue weighted by atomic mass is 9.97. The SMILES string of the molecule is Cc1cc(C#N)cc(C)c1C(=O)CBr. The number of nitrogens with zero attached hydrogens (tertiary/aromatic N) is 1. The molecule has 0 aliphatic rings. The van der Waals surface area contributed by atoms with Crippen LogP contribution in [0.4, 0.5) is 0 Å². The summed E-state index contributed by atoms with van der Waals surface area (Å²) in [5, 5.41) is 9.05. The fourth-order valence-corrected chi connectivity index (χ4v) is 1.82. The molecule has 0 amide bonds. The van der Waals surface area contributed by atoms with Crippen molar-refractivity contribution in [2.24, 2.45) is 0 Å². The number of halogens is 1. The van der Waals surface area contributed by atoms with Crippen molar-refractivity contribution in [2.75, 3.05) is 5.33 Å². The first-order valence-electron chi connectivity index (χ1n) is 4.20. The van der Waals surface area contributed by atoms with Crippen LogP contribution < -0.4 is 0 Å². The third kappa shape index (κ3) is 2.02. The molecule has 0 saturated carbocycles. The molecule has 0 atom stereocenters. The quantitative estimate of drug-likeness (QED) is 0.599. The number of nitriles is 1. The Hall–Kier alpha value is -1.14. The Balaban J connectivity index is 3.34. The summed E-state index contributed by atoms with van der Waals surface area (Å²) >= 11 is 3.14. The van der Waals surface area contributed by atoms with E-state index in [9.17, 15) is 4.79 Å². The van der Waals surface area contributed by atoms with Crippen LogP contribution in [0.3, 0.4) is 0 Å². The molecule has 0 radical (unpaired) electrons. The van der Waals surface area contributed by atoms with Crippen molar-refractivity contribution in [3.63, 3.8) is 0 Å². The molecule has 72 valence electrons. The second-order valence-corrected chi connectivity index (χ2v) is 3.71. The van der Waals surface area contributed by atoms with E-state index in [4.69, 9.17) is 5.26 Å². The van der Waals surface area contributed by atoms with E-state index in [2.05, 4.69) is 22.0 Å². The largest absolute Gasteiger partial charge is 0.293 e. The Bertz CT molecular complexity index is 395. The fourth-order valence-electron chi connectivity index (χ4n) is 1.53. The Morgan fingerprint density at radius 1 is 1.43 bits per heavy atom. The zero-order valence-corrected chi connectivity index (χ0v) is 9.68. The van der Waals surface area contributed by atoms with E-state index in [0.717, 1.165) is 16.7 Å². The maximum Gasteiger partial charge on any atom is 0.173 e. The number of hydrogen-bond acceptors (Lipinski definition) is 2. The van der Waals surface area contributed by atoms with E-state index in [1.165, 1.54) is 0 Å². The summed E-state index contributed by atoms with van der Waals surface area (Å²) in [5.41, 5.74) is 3.06. The van der Waals surface area contributed by atoms with E-state index in [1.807, 2.05) is 13.8 Å². The Morgan fingerprint density at radius 3 is 2.29 bits per heavy atom. The number of rotatable bonds is 2. The van der Waals surface area contributed by atoms with Crippen LogP contribution in [-0.4, -0.2) is 11.1 Å². The number of benzene rings is 1. The monoisotopic (exact) mass is 251 g/mol. The van der Waals surface area contributed by atoms with Gasteiger partial charge in [-0.3, -0.25) is 4.79 Å². The molecule has 0 spiro atoms. The predicted octanol–water partition coefficient (Wildman–Crippen LogP) is 2.75. The van der Waals surface area contributed by atoms with Gasteiger partial charge in [-0.25, -0.2) is 0 Å². The average Bonchev–Trinajstić information content (AvgIpc) is 2.16. The molecule has 0 fully saturated rings. The molecule has 1 rings (SSSR count). The van der Waals surface area contributed by atoms with Gasteiger partial charge < -0.3 is 0 Å². The summed E-state index contributed by atoms with van der Waals surface area (Å²) in [6.07, 6.45) is 0. The second kappa shape index (κ2) is 4.39. The van der Waals surface area contributed by atoms with Crippen molar-refractivity contribution in [3.05, 3.63) is 34.4 Å². The maximum absolute atomic E-state index is 11.5. The minimum atomic E-state index is 0.0597. The van der Waals surface area contributed by atoms with Crippen LogP contribution in [0.25, 0.3) is 0 Å². The smallest absolute Gasteiger partial charge is 0.173 e. The lowest BCUT2D eigenvalue weighted by Gasteiger charge is -2.07. The van der Waals surface area contributed by atoms with E-state index in [-0.39, 0.29) is 5.78 Å². The number of alkyl halides is 1. The third-order valence-electron chi connectivity index (χ3n) is 2.06. The first-order chi connectivity index (χ1) is 6.60. The van der Waals surface area contributed by atoms with Crippen LogP contribution in [0.5, 0.6) is 0 Å². The van der Waals surface area contributed by atoms with Crippen LogP contribution >= 0.6 is 15.9 Å². The van der Waals surface area contributed by atoms with Gasteiger partial charge in [0.15, 0.2) is 5.78 Å². The van der Waals surface area contributed by atoms with Gasteiger partial charge in [0, 0.05) is 5.56 Å². The summed E-state index contributed by atoms with van der Waals surface area (Å²) in [6.45, 7) is 3.70. The molecular weight excluding hydrogens is 242 g/mol. The highest BCUT2D eigenvalue weighted by Crippen LogP contribution is 2.17. The highest BCUT2D eigenvalue weighted by Gasteiger charge is 2.11. The number of ketones is 1. The van der Waals surface area contributed by atoms with E-state index >= 15 is 0 Å². The van der Waals surface area contributed by atoms with Gasteiger partial charge in [0.2, 0.25) is 0 Å². The van der Waals surface area contributed by atoms with Gasteiger partial charge in [-0.1, -0.05) is 15.9 Å². The Morgan fingerprint density at radius 2 is 1.93 bits per heavy atom. The molecular formula is C11H10BrNO. The predicted molar refractivity (Wildman–Crippen MR) is 58.8 cm³/mol. The number of carbonyl (C=O) groups excluding carboxylic acids is 1. The number of aryl methyl sites for hydroxylation is 2. The molecule has 1 aromatic rings. The van der Waals surface area contributed by atoms with E-state index in [0.29, 0.717) is 10.9 Å². The molecule has 0 aliphatic carbocycles. The van der Waals surface area contributed by atoms with Crippen LogP contribution in [0.15, 0.2) is 12.1 Å². The zero-order chi connectivity index (χ0) is 10.7. The van der Waals surface area contributed by atoms with E-state index in [1.54, 1.807) is 12.1 Å². The van der Waals surface area contributed by atoms with Gasteiger partial charge in [0.1, 0.15) is 0 Å². The summed E-state index contributed by atoms with van der Waals surface area (Å²) in [7, 11) is 0. The molecule has 0 N–H and O–H groups in total.